The summed E-state index contributed by atoms with van der Waals surface area (Å²) in [6, 6.07) is 6.11. The Labute approximate surface area is 123 Å². The first-order valence-electron chi connectivity index (χ1n) is 6.95. The van der Waals surface area contributed by atoms with Crippen LogP contribution < -0.4 is 11.1 Å². The number of fused-ring (bicyclic) bond motifs is 1. The molecule has 1 aromatic carbocycles. The molecule has 0 fully saturated rings. The van der Waals surface area contributed by atoms with Gasteiger partial charge in [0.25, 0.3) is 0 Å². The number of carbonyl (C=O) groups is 1. The molecule has 0 radical (unpaired) electrons. The van der Waals surface area contributed by atoms with Crippen molar-refractivity contribution in [1.29, 1.82) is 0 Å². The first-order valence-corrected chi connectivity index (χ1v) is 7.77. The summed E-state index contributed by atoms with van der Waals surface area (Å²) in [5.41, 5.74) is 7.65. The van der Waals surface area contributed by atoms with Crippen LogP contribution in [0.25, 0.3) is 10.2 Å². The highest BCUT2D eigenvalue weighted by Gasteiger charge is 2.09. The number of amides is 1. The van der Waals surface area contributed by atoms with E-state index >= 15 is 0 Å². The number of nitrogens with two attached hydrogens (primary N) is 1. The van der Waals surface area contributed by atoms with Gasteiger partial charge in [0, 0.05) is 6.42 Å². The number of aryl methyl sites for hydroxylation is 1. The lowest BCUT2D eigenvalue weighted by atomic mass is 10.0. The molecule has 2 rings (SSSR count). The van der Waals surface area contributed by atoms with Crippen LogP contribution in [0.2, 0.25) is 0 Å². The molecule has 1 amide bonds. The molecule has 0 bridgehead atoms. The van der Waals surface area contributed by atoms with E-state index in [-0.39, 0.29) is 5.91 Å². The molecule has 0 spiro atoms. The lowest BCUT2D eigenvalue weighted by molar-refractivity contribution is -0.116. The topological polar surface area (TPSA) is 68.0 Å². The molecular weight excluding hydrogens is 270 g/mol. The number of hydrogen-bond donors (Lipinski definition) is 2. The molecule has 20 heavy (non-hydrogen) atoms. The van der Waals surface area contributed by atoms with Crippen molar-refractivity contribution in [3.63, 3.8) is 0 Å². The fraction of sp³-hybridized carbons (Fsp3) is 0.467. The van der Waals surface area contributed by atoms with Crippen LogP contribution in [0.15, 0.2) is 18.2 Å². The second-order valence-electron chi connectivity index (χ2n) is 5.26. The molecule has 108 valence electrons. The molecule has 1 aromatic heterocycles. The molecule has 4 nitrogen and oxygen atoms in total. The maximum Gasteiger partial charge on any atom is 0.226 e. The number of nitrogens with one attached hydrogen (secondary N) is 1. The van der Waals surface area contributed by atoms with E-state index in [9.17, 15) is 4.79 Å². The Kier molecular flexibility index (Phi) is 5.09. The molecule has 1 atom stereocenters. The van der Waals surface area contributed by atoms with Crippen molar-refractivity contribution in [3.05, 3.63) is 23.8 Å². The van der Waals surface area contributed by atoms with Gasteiger partial charge < -0.3 is 11.1 Å². The summed E-state index contributed by atoms with van der Waals surface area (Å²) in [6.07, 6.45) is 2.36. The van der Waals surface area contributed by atoms with Gasteiger partial charge in [-0.25, -0.2) is 4.98 Å². The van der Waals surface area contributed by atoms with E-state index in [1.807, 2.05) is 12.1 Å². The van der Waals surface area contributed by atoms with Crippen molar-refractivity contribution in [2.45, 2.75) is 33.1 Å². The first kappa shape index (κ1) is 14.9. The van der Waals surface area contributed by atoms with E-state index in [4.69, 9.17) is 5.73 Å². The number of benzene rings is 1. The molecule has 3 N–H and O–H groups in total. The third kappa shape index (κ3) is 4.02. The van der Waals surface area contributed by atoms with Gasteiger partial charge >= 0.3 is 0 Å². The van der Waals surface area contributed by atoms with E-state index in [0.29, 0.717) is 24.0 Å². The van der Waals surface area contributed by atoms with Crippen molar-refractivity contribution in [2.75, 3.05) is 11.9 Å². The monoisotopic (exact) mass is 291 g/mol. The van der Waals surface area contributed by atoms with Crippen LogP contribution in [0.3, 0.4) is 0 Å². The largest absolute Gasteiger partial charge is 0.330 e. The fourth-order valence-electron chi connectivity index (χ4n) is 2.07. The zero-order valence-electron chi connectivity index (χ0n) is 12.0. The van der Waals surface area contributed by atoms with Gasteiger partial charge in [-0.3, -0.25) is 4.79 Å². The summed E-state index contributed by atoms with van der Waals surface area (Å²) in [7, 11) is 0. The SMILES string of the molecule is Cc1ccc2nc(NC(=O)CCC(C)CCN)sc2c1. The molecule has 0 aliphatic rings. The van der Waals surface area contributed by atoms with Crippen LogP contribution in [0.1, 0.15) is 31.7 Å². The van der Waals surface area contributed by atoms with Crippen molar-refractivity contribution < 1.29 is 4.79 Å². The van der Waals surface area contributed by atoms with Crippen molar-refractivity contribution >= 4 is 32.6 Å². The van der Waals surface area contributed by atoms with Gasteiger partial charge in [-0.2, -0.15) is 0 Å². The second kappa shape index (κ2) is 6.81. The van der Waals surface area contributed by atoms with Gasteiger partial charge in [0.05, 0.1) is 10.2 Å². The van der Waals surface area contributed by atoms with Gasteiger partial charge in [0.1, 0.15) is 0 Å². The molecule has 0 aliphatic heterocycles. The Bertz CT molecular complexity index is 594. The number of anilines is 1. The van der Waals surface area contributed by atoms with Gasteiger partial charge in [-0.05, 0) is 49.9 Å². The minimum atomic E-state index is 0.0321. The summed E-state index contributed by atoms with van der Waals surface area (Å²) in [4.78, 5) is 16.3. The summed E-state index contributed by atoms with van der Waals surface area (Å²) in [5.74, 6) is 0.522. The molecule has 5 heteroatoms. The van der Waals surface area contributed by atoms with Crippen LogP contribution >= 0.6 is 11.3 Å². The highest BCUT2D eigenvalue weighted by atomic mass is 32.1. The van der Waals surface area contributed by atoms with Gasteiger partial charge in [0.2, 0.25) is 5.91 Å². The van der Waals surface area contributed by atoms with E-state index < -0.39 is 0 Å². The van der Waals surface area contributed by atoms with Crippen LogP contribution in [-0.4, -0.2) is 17.4 Å². The Morgan fingerprint density at radius 1 is 1.45 bits per heavy atom. The minimum Gasteiger partial charge on any atom is -0.330 e. The molecule has 0 saturated carbocycles. The van der Waals surface area contributed by atoms with Crippen molar-refractivity contribution in [3.8, 4) is 0 Å². The Morgan fingerprint density at radius 3 is 3.00 bits per heavy atom. The Morgan fingerprint density at radius 2 is 2.25 bits per heavy atom. The second-order valence-corrected chi connectivity index (χ2v) is 6.29. The lowest BCUT2D eigenvalue weighted by Gasteiger charge is -2.08. The Hall–Kier alpha value is -1.46. The molecule has 0 saturated heterocycles. The average Bonchev–Trinajstić information content (AvgIpc) is 2.78. The predicted octanol–water partition coefficient (Wildman–Crippen LogP) is 3.31. The average molecular weight is 291 g/mol. The van der Waals surface area contributed by atoms with Crippen LogP contribution in [0, 0.1) is 12.8 Å². The molecule has 1 unspecified atom stereocenters. The zero-order valence-corrected chi connectivity index (χ0v) is 12.8. The predicted molar refractivity (Wildman–Crippen MR) is 85.1 cm³/mol. The normalized spacial score (nSPS) is 12.6. The van der Waals surface area contributed by atoms with E-state index in [1.165, 1.54) is 16.9 Å². The Balaban J connectivity index is 1.92. The summed E-state index contributed by atoms with van der Waals surface area (Å²) < 4.78 is 1.11. The van der Waals surface area contributed by atoms with Crippen LogP contribution in [-0.2, 0) is 4.79 Å². The van der Waals surface area contributed by atoms with E-state index in [1.54, 1.807) is 0 Å². The van der Waals surface area contributed by atoms with E-state index in [2.05, 4.69) is 30.2 Å². The lowest BCUT2D eigenvalue weighted by Crippen LogP contribution is -2.13. The quantitative estimate of drug-likeness (QED) is 0.858. The van der Waals surface area contributed by atoms with Crippen LogP contribution in [0.4, 0.5) is 5.13 Å². The third-order valence-corrected chi connectivity index (χ3v) is 4.25. The van der Waals surface area contributed by atoms with E-state index in [0.717, 1.165) is 23.1 Å². The number of rotatable bonds is 6. The number of hydrogen-bond acceptors (Lipinski definition) is 4. The third-order valence-electron chi connectivity index (χ3n) is 3.31. The summed E-state index contributed by atoms with van der Waals surface area (Å²) in [6.45, 7) is 4.86. The van der Waals surface area contributed by atoms with Crippen LogP contribution in [0.5, 0.6) is 0 Å². The number of nitrogens with zero attached hydrogens (tertiary/aromatic N) is 1. The number of carbonyl (C=O) groups excluding carboxylic acids is 1. The van der Waals surface area contributed by atoms with Crippen molar-refractivity contribution in [1.82, 2.24) is 4.98 Å². The standard InChI is InChI=1S/C15H21N3OS/c1-10(7-8-16)4-6-14(19)18-15-17-12-5-3-11(2)9-13(12)20-15/h3,5,9-10H,4,6-8,16H2,1-2H3,(H,17,18,19). The maximum absolute atomic E-state index is 11.9. The highest BCUT2D eigenvalue weighted by Crippen LogP contribution is 2.26. The van der Waals surface area contributed by atoms with Crippen molar-refractivity contribution in [2.24, 2.45) is 11.7 Å². The number of aromatic nitrogens is 1. The van der Waals surface area contributed by atoms with Gasteiger partial charge in [-0.1, -0.05) is 24.3 Å². The first-order chi connectivity index (χ1) is 9.58. The maximum atomic E-state index is 11.9. The molecule has 2 aromatic rings. The van der Waals surface area contributed by atoms with Gasteiger partial charge in [-0.15, -0.1) is 0 Å². The summed E-state index contributed by atoms with van der Waals surface area (Å²) in [5, 5.41) is 3.57. The molecule has 0 aliphatic carbocycles. The zero-order chi connectivity index (χ0) is 14.5. The highest BCUT2D eigenvalue weighted by molar-refractivity contribution is 7.22. The summed E-state index contributed by atoms with van der Waals surface area (Å²) >= 11 is 1.52. The van der Waals surface area contributed by atoms with Gasteiger partial charge in [0.15, 0.2) is 5.13 Å². The number of thiazole rings is 1. The fourth-order valence-corrected chi connectivity index (χ4v) is 3.05. The molecular formula is C15H21N3OS. The smallest absolute Gasteiger partial charge is 0.226 e. The molecule has 1 heterocycles. The minimum absolute atomic E-state index is 0.0321.